The Morgan fingerprint density at radius 1 is 1.62 bits per heavy atom. The highest BCUT2D eigenvalue weighted by atomic mass is 35.5. The van der Waals surface area contributed by atoms with E-state index in [4.69, 9.17) is 11.6 Å². The van der Waals surface area contributed by atoms with Crippen molar-refractivity contribution in [2.75, 3.05) is 13.2 Å². The summed E-state index contributed by atoms with van der Waals surface area (Å²) in [6.07, 6.45) is 2.36. The molecule has 0 amide bonds. The van der Waals surface area contributed by atoms with Gasteiger partial charge in [0.2, 0.25) is 0 Å². The van der Waals surface area contributed by atoms with Crippen LogP contribution in [0.5, 0.6) is 0 Å². The standard InChI is InChI=1S/C10H16ClN3OS/c1-7-3-2-4-14(9(7)6-15)5-8-10(11)16-13-12-8/h7,9,15H,2-6H2,1H3. The Kier molecular flexibility index (Phi) is 4.13. The molecule has 2 rings (SSSR count). The highest BCUT2D eigenvalue weighted by Gasteiger charge is 2.28. The largest absolute Gasteiger partial charge is 0.395 e. The summed E-state index contributed by atoms with van der Waals surface area (Å²) >= 11 is 7.21. The molecule has 0 radical (unpaired) electrons. The molecule has 0 bridgehead atoms. The van der Waals surface area contributed by atoms with E-state index >= 15 is 0 Å². The number of aromatic nitrogens is 2. The van der Waals surface area contributed by atoms with Gasteiger partial charge in [0.05, 0.1) is 6.61 Å². The molecule has 4 nitrogen and oxygen atoms in total. The number of likely N-dealkylation sites (tertiary alicyclic amines) is 1. The molecule has 1 aliphatic heterocycles. The predicted octanol–water partition coefficient (Wildman–Crippen LogP) is 1.78. The first kappa shape index (κ1) is 12.2. The zero-order chi connectivity index (χ0) is 11.5. The molecule has 6 heteroatoms. The Bertz CT molecular complexity index is 347. The zero-order valence-corrected chi connectivity index (χ0v) is 10.8. The van der Waals surface area contributed by atoms with Gasteiger partial charge in [-0.1, -0.05) is 23.0 Å². The van der Waals surface area contributed by atoms with Gasteiger partial charge in [0.15, 0.2) is 0 Å². The summed E-state index contributed by atoms with van der Waals surface area (Å²) in [5.74, 6) is 0.532. The van der Waals surface area contributed by atoms with E-state index in [1.807, 2.05) is 0 Å². The minimum absolute atomic E-state index is 0.205. The fourth-order valence-corrected chi connectivity index (χ4v) is 2.92. The van der Waals surface area contributed by atoms with Gasteiger partial charge in [-0.05, 0) is 25.3 Å². The second-order valence-corrected chi connectivity index (χ2v) is 5.69. The molecule has 2 unspecified atom stereocenters. The third-order valence-electron chi connectivity index (χ3n) is 3.28. The molecule has 1 aliphatic rings. The molecular weight excluding hydrogens is 246 g/mol. The van der Waals surface area contributed by atoms with Crippen molar-refractivity contribution in [2.45, 2.75) is 32.4 Å². The third-order valence-corrected chi connectivity index (χ3v) is 4.26. The Labute approximate surface area is 104 Å². The quantitative estimate of drug-likeness (QED) is 0.901. The van der Waals surface area contributed by atoms with Crippen LogP contribution >= 0.6 is 23.1 Å². The van der Waals surface area contributed by atoms with Crippen molar-refractivity contribution in [3.63, 3.8) is 0 Å². The second kappa shape index (κ2) is 5.40. The molecule has 16 heavy (non-hydrogen) atoms. The van der Waals surface area contributed by atoms with Gasteiger partial charge in [0.25, 0.3) is 0 Å². The molecular formula is C10H16ClN3OS. The smallest absolute Gasteiger partial charge is 0.138 e. The Balaban J connectivity index is 2.05. The van der Waals surface area contributed by atoms with Gasteiger partial charge >= 0.3 is 0 Å². The zero-order valence-electron chi connectivity index (χ0n) is 9.27. The summed E-state index contributed by atoms with van der Waals surface area (Å²) in [6, 6.07) is 0.228. The van der Waals surface area contributed by atoms with Crippen LogP contribution in [0.3, 0.4) is 0 Å². The van der Waals surface area contributed by atoms with Crippen LogP contribution in [-0.4, -0.2) is 38.8 Å². The van der Waals surface area contributed by atoms with Gasteiger partial charge in [0.1, 0.15) is 10.0 Å². The van der Waals surface area contributed by atoms with E-state index in [1.54, 1.807) is 0 Å². The molecule has 2 heterocycles. The van der Waals surface area contributed by atoms with E-state index in [0.29, 0.717) is 16.8 Å². The van der Waals surface area contributed by atoms with Crippen molar-refractivity contribution in [3.8, 4) is 0 Å². The van der Waals surface area contributed by atoms with Crippen molar-refractivity contribution in [1.29, 1.82) is 0 Å². The second-order valence-electron chi connectivity index (χ2n) is 4.33. The molecule has 0 aliphatic carbocycles. The Hall–Kier alpha value is -0.230. The van der Waals surface area contributed by atoms with Crippen LogP contribution in [0.2, 0.25) is 4.34 Å². The molecule has 0 aromatic carbocycles. The minimum Gasteiger partial charge on any atom is -0.395 e. The lowest BCUT2D eigenvalue weighted by atomic mass is 9.91. The number of aliphatic hydroxyl groups is 1. The van der Waals surface area contributed by atoms with E-state index in [-0.39, 0.29) is 12.6 Å². The summed E-state index contributed by atoms with van der Waals surface area (Å²) < 4.78 is 4.49. The van der Waals surface area contributed by atoms with E-state index in [0.717, 1.165) is 12.2 Å². The molecule has 90 valence electrons. The normalized spacial score (nSPS) is 27.2. The van der Waals surface area contributed by atoms with Gasteiger partial charge in [0, 0.05) is 24.1 Å². The van der Waals surface area contributed by atoms with Crippen LogP contribution in [0.1, 0.15) is 25.5 Å². The van der Waals surface area contributed by atoms with Gasteiger partial charge in [-0.3, -0.25) is 4.90 Å². The summed E-state index contributed by atoms with van der Waals surface area (Å²) in [7, 11) is 0. The van der Waals surface area contributed by atoms with Crippen LogP contribution in [0, 0.1) is 5.92 Å². The van der Waals surface area contributed by atoms with Crippen LogP contribution < -0.4 is 0 Å². The van der Waals surface area contributed by atoms with Gasteiger partial charge in [-0.25, -0.2) is 0 Å². The first-order chi connectivity index (χ1) is 7.72. The number of piperidine rings is 1. The van der Waals surface area contributed by atoms with Crippen LogP contribution in [0.15, 0.2) is 0 Å². The van der Waals surface area contributed by atoms with Crippen molar-refractivity contribution in [2.24, 2.45) is 5.92 Å². The molecule has 1 N–H and O–H groups in total. The lowest BCUT2D eigenvalue weighted by Crippen LogP contribution is -2.46. The highest BCUT2D eigenvalue weighted by Crippen LogP contribution is 2.26. The summed E-state index contributed by atoms with van der Waals surface area (Å²) in [5.41, 5.74) is 0.833. The maximum atomic E-state index is 9.42. The van der Waals surface area contributed by atoms with Crippen molar-refractivity contribution >= 4 is 23.1 Å². The van der Waals surface area contributed by atoms with E-state index in [1.165, 1.54) is 24.4 Å². The molecule has 1 aromatic rings. The predicted molar refractivity (Wildman–Crippen MR) is 64.6 cm³/mol. The van der Waals surface area contributed by atoms with Crippen LogP contribution in [0.25, 0.3) is 0 Å². The Morgan fingerprint density at radius 2 is 2.44 bits per heavy atom. The number of halogens is 1. The monoisotopic (exact) mass is 261 g/mol. The average molecular weight is 262 g/mol. The topological polar surface area (TPSA) is 49.2 Å². The minimum atomic E-state index is 0.205. The van der Waals surface area contributed by atoms with Crippen molar-refractivity contribution in [1.82, 2.24) is 14.5 Å². The summed E-state index contributed by atoms with van der Waals surface area (Å²) in [5, 5.41) is 13.4. The van der Waals surface area contributed by atoms with Gasteiger partial charge in [-0.2, -0.15) is 0 Å². The number of nitrogens with zero attached hydrogens (tertiary/aromatic N) is 3. The van der Waals surface area contributed by atoms with Crippen molar-refractivity contribution in [3.05, 3.63) is 10.0 Å². The number of hydrogen-bond acceptors (Lipinski definition) is 5. The fraction of sp³-hybridized carbons (Fsp3) is 0.800. The molecule has 1 aromatic heterocycles. The summed E-state index contributed by atoms with van der Waals surface area (Å²) in [6.45, 7) is 4.10. The highest BCUT2D eigenvalue weighted by molar-refractivity contribution is 7.10. The SMILES string of the molecule is CC1CCCN(Cc2nnsc2Cl)C1CO. The third kappa shape index (κ3) is 2.53. The van der Waals surface area contributed by atoms with Crippen LogP contribution in [-0.2, 0) is 6.54 Å². The molecule has 0 spiro atoms. The molecule has 1 fully saturated rings. The Morgan fingerprint density at radius 3 is 3.06 bits per heavy atom. The van der Waals surface area contributed by atoms with Crippen molar-refractivity contribution < 1.29 is 5.11 Å². The van der Waals surface area contributed by atoms with E-state index < -0.39 is 0 Å². The van der Waals surface area contributed by atoms with Gasteiger partial charge < -0.3 is 5.11 Å². The number of hydrogen-bond donors (Lipinski definition) is 1. The molecule has 1 saturated heterocycles. The first-order valence-electron chi connectivity index (χ1n) is 5.54. The van der Waals surface area contributed by atoms with Gasteiger partial charge in [-0.15, -0.1) is 5.10 Å². The van der Waals surface area contributed by atoms with E-state index in [2.05, 4.69) is 21.4 Å². The number of aliphatic hydroxyl groups excluding tert-OH is 1. The maximum absolute atomic E-state index is 9.42. The first-order valence-corrected chi connectivity index (χ1v) is 6.69. The molecule has 0 saturated carbocycles. The summed E-state index contributed by atoms with van der Waals surface area (Å²) in [4.78, 5) is 2.26. The fourth-order valence-electron chi connectivity index (χ4n) is 2.31. The van der Waals surface area contributed by atoms with E-state index in [9.17, 15) is 5.11 Å². The number of rotatable bonds is 3. The van der Waals surface area contributed by atoms with Crippen LogP contribution in [0.4, 0.5) is 0 Å². The average Bonchev–Trinajstić information content (AvgIpc) is 2.65. The lowest BCUT2D eigenvalue weighted by Gasteiger charge is -2.38. The molecule has 2 atom stereocenters. The lowest BCUT2D eigenvalue weighted by molar-refractivity contribution is 0.0464. The maximum Gasteiger partial charge on any atom is 0.138 e.